The summed E-state index contributed by atoms with van der Waals surface area (Å²) in [6.45, 7) is 8.60. The molecule has 4 aromatic rings. The summed E-state index contributed by atoms with van der Waals surface area (Å²) in [6.07, 6.45) is 3.23. The van der Waals surface area contributed by atoms with E-state index >= 15 is 0 Å². The SMILES string of the molecule is CCCC1=C(C(=O)OCC)[C@H](c2ccc(C(C)C)cc2)n2c(s/c(=C/c3ccc(OCc4ccccc4C#N)cc3)c2=O)=N1. The fraction of sp³-hybridized carbons (Fsp3) is 0.278. The first-order valence-corrected chi connectivity index (χ1v) is 15.7. The van der Waals surface area contributed by atoms with Crippen molar-refractivity contribution >= 4 is 23.4 Å². The fourth-order valence-corrected chi connectivity index (χ4v) is 6.25. The van der Waals surface area contributed by atoms with Crippen LogP contribution in [0.5, 0.6) is 5.75 Å². The van der Waals surface area contributed by atoms with Gasteiger partial charge in [0.15, 0.2) is 4.80 Å². The van der Waals surface area contributed by atoms with Crippen molar-refractivity contribution in [3.63, 3.8) is 0 Å². The minimum atomic E-state index is -0.637. The Morgan fingerprint density at radius 1 is 1.07 bits per heavy atom. The highest BCUT2D eigenvalue weighted by atomic mass is 32.1. The van der Waals surface area contributed by atoms with Crippen molar-refractivity contribution in [3.05, 3.63) is 132 Å². The smallest absolute Gasteiger partial charge is 0.338 e. The average molecular weight is 606 g/mol. The van der Waals surface area contributed by atoms with Gasteiger partial charge in [0.25, 0.3) is 5.56 Å². The molecule has 5 rings (SSSR count). The predicted octanol–water partition coefficient (Wildman–Crippen LogP) is 6.15. The zero-order valence-electron chi connectivity index (χ0n) is 25.4. The molecule has 0 fully saturated rings. The van der Waals surface area contributed by atoms with Crippen LogP contribution in [0.3, 0.4) is 0 Å². The van der Waals surface area contributed by atoms with Gasteiger partial charge in [-0.15, -0.1) is 0 Å². The van der Waals surface area contributed by atoms with E-state index in [-0.39, 0.29) is 18.8 Å². The van der Waals surface area contributed by atoms with Crippen LogP contribution in [0, 0.1) is 11.3 Å². The van der Waals surface area contributed by atoms with Gasteiger partial charge in [-0.25, -0.2) is 9.79 Å². The molecule has 3 aromatic carbocycles. The molecule has 1 aromatic heterocycles. The first-order valence-electron chi connectivity index (χ1n) is 14.9. The summed E-state index contributed by atoms with van der Waals surface area (Å²) < 4.78 is 13.6. The maximum atomic E-state index is 14.0. The lowest BCUT2D eigenvalue weighted by molar-refractivity contribution is -0.139. The molecule has 0 spiro atoms. The Kier molecular flexibility index (Phi) is 9.56. The lowest BCUT2D eigenvalue weighted by Crippen LogP contribution is -2.40. The summed E-state index contributed by atoms with van der Waals surface area (Å²) in [5, 5.41) is 9.33. The zero-order valence-corrected chi connectivity index (χ0v) is 26.2. The highest BCUT2D eigenvalue weighted by Gasteiger charge is 2.34. The highest BCUT2D eigenvalue weighted by Crippen LogP contribution is 2.33. The molecular formula is C36H35N3O4S. The molecule has 0 bridgehead atoms. The molecule has 0 saturated carbocycles. The minimum absolute atomic E-state index is 0.211. The van der Waals surface area contributed by atoms with Gasteiger partial charge < -0.3 is 9.47 Å². The summed E-state index contributed by atoms with van der Waals surface area (Å²) in [5.41, 5.74) is 5.13. The van der Waals surface area contributed by atoms with Crippen LogP contribution in [0.25, 0.3) is 6.08 Å². The number of nitriles is 1. The van der Waals surface area contributed by atoms with Crippen molar-refractivity contribution in [2.45, 2.75) is 59.1 Å². The monoisotopic (exact) mass is 605 g/mol. The number of allylic oxidation sites excluding steroid dienone is 1. The van der Waals surface area contributed by atoms with Gasteiger partial charge >= 0.3 is 5.97 Å². The van der Waals surface area contributed by atoms with E-state index in [2.05, 4.69) is 32.0 Å². The van der Waals surface area contributed by atoms with Crippen LogP contribution >= 0.6 is 11.3 Å². The van der Waals surface area contributed by atoms with Gasteiger partial charge in [-0.05, 0) is 60.2 Å². The van der Waals surface area contributed by atoms with Crippen molar-refractivity contribution in [1.29, 1.82) is 5.26 Å². The van der Waals surface area contributed by atoms with Gasteiger partial charge in [0, 0.05) is 5.56 Å². The number of hydrogen-bond acceptors (Lipinski definition) is 7. The summed E-state index contributed by atoms with van der Waals surface area (Å²) in [5.74, 6) is 0.566. The fourth-order valence-electron chi connectivity index (χ4n) is 5.23. The Balaban J connectivity index is 1.53. The van der Waals surface area contributed by atoms with Crippen molar-refractivity contribution in [1.82, 2.24) is 4.57 Å². The van der Waals surface area contributed by atoms with Crippen LogP contribution in [-0.4, -0.2) is 17.1 Å². The molecule has 0 unspecified atom stereocenters. The number of nitrogens with zero attached hydrogens (tertiary/aromatic N) is 3. The highest BCUT2D eigenvalue weighted by molar-refractivity contribution is 7.07. The number of rotatable bonds is 10. The molecule has 0 N–H and O–H groups in total. The van der Waals surface area contributed by atoms with Crippen LogP contribution < -0.4 is 19.6 Å². The Bertz CT molecular complexity index is 1910. The summed E-state index contributed by atoms with van der Waals surface area (Å²) >= 11 is 1.32. The molecule has 2 heterocycles. The van der Waals surface area contributed by atoms with E-state index in [0.717, 1.165) is 23.1 Å². The Hall–Kier alpha value is -4.74. The van der Waals surface area contributed by atoms with Crippen LogP contribution in [0.2, 0.25) is 0 Å². The van der Waals surface area contributed by atoms with Crippen LogP contribution in [0.1, 0.15) is 80.3 Å². The molecule has 1 aliphatic rings. The molecule has 0 amide bonds. The number of fused-ring (bicyclic) bond motifs is 1. The van der Waals surface area contributed by atoms with Gasteiger partial charge in [-0.1, -0.05) is 93.1 Å². The van der Waals surface area contributed by atoms with Gasteiger partial charge in [-0.2, -0.15) is 5.26 Å². The Morgan fingerprint density at radius 2 is 1.80 bits per heavy atom. The second kappa shape index (κ2) is 13.7. The van der Waals surface area contributed by atoms with Crippen LogP contribution in [0.4, 0.5) is 0 Å². The molecule has 0 saturated heterocycles. The second-order valence-electron chi connectivity index (χ2n) is 10.9. The standard InChI is InChI=1S/C36H35N3O4S/c1-5-9-30-32(35(41)42-6-2)33(26-16-14-25(15-17-26)23(3)4)39-34(40)31(44-36(39)38-30)20-24-12-18-29(19-13-24)43-22-28-11-8-7-10-27(28)21-37/h7-8,10-20,23,33H,5-6,9,22H2,1-4H3/b31-20+/t33-/m0/s1. The van der Waals surface area contributed by atoms with Gasteiger partial charge in [0.1, 0.15) is 12.4 Å². The molecular weight excluding hydrogens is 570 g/mol. The molecule has 1 aliphatic heterocycles. The molecule has 7 nitrogen and oxygen atoms in total. The number of benzene rings is 3. The molecule has 0 radical (unpaired) electrons. The third kappa shape index (κ3) is 6.43. The van der Waals surface area contributed by atoms with Crippen molar-refractivity contribution in [2.75, 3.05) is 6.61 Å². The number of thiazole rings is 1. The molecule has 44 heavy (non-hydrogen) atoms. The van der Waals surface area contributed by atoms with E-state index < -0.39 is 12.0 Å². The summed E-state index contributed by atoms with van der Waals surface area (Å²) in [6, 6.07) is 24.5. The quantitative estimate of drug-likeness (QED) is 0.202. The van der Waals surface area contributed by atoms with Gasteiger partial charge in [0.05, 0.1) is 40.1 Å². The molecule has 224 valence electrons. The largest absolute Gasteiger partial charge is 0.489 e. The third-order valence-electron chi connectivity index (χ3n) is 7.52. The van der Waals surface area contributed by atoms with Crippen LogP contribution in [-0.2, 0) is 16.1 Å². The van der Waals surface area contributed by atoms with Crippen molar-refractivity contribution in [3.8, 4) is 11.8 Å². The summed E-state index contributed by atoms with van der Waals surface area (Å²) in [7, 11) is 0. The first-order chi connectivity index (χ1) is 21.3. The van der Waals surface area contributed by atoms with E-state index in [0.29, 0.717) is 44.3 Å². The van der Waals surface area contributed by atoms with Gasteiger partial charge in [-0.3, -0.25) is 9.36 Å². The maximum absolute atomic E-state index is 14.0. The zero-order chi connectivity index (χ0) is 31.2. The number of carbonyl (C=O) groups is 1. The molecule has 1 atom stereocenters. The number of ether oxygens (including phenoxy) is 2. The molecule has 0 aliphatic carbocycles. The van der Waals surface area contributed by atoms with E-state index in [1.807, 2.05) is 67.6 Å². The predicted molar refractivity (Wildman–Crippen MR) is 172 cm³/mol. The Labute approximate surface area is 261 Å². The number of hydrogen-bond donors (Lipinski definition) is 0. The van der Waals surface area contributed by atoms with E-state index in [4.69, 9.17) is 14.5 Å². The van der Waals surface area contributed by atoms with E-state index in [9.17, 15) is 14.9 Å². The first kappa shape index (κ1) is 30.7. The molecule has 8 heteroatoms. The van der Waals surface area contributed by atoms with E-state index in [1.165, 1.54) is 16.9 Å². The Morgan fingerprint density at radius 3 is 2.45 bits per heavy atom. The van der Waals surface area contributed by atoms with Crippen molar-refractivity contribution < 1.29 is 14.3 Å². The minimum Gasteiger partial charge on any atom is -0.489 e. The van der Waals surface area contributed by atoms with E-state index in [1.54, 1.807) is 17.6 Å². The number of esters is 1. The third-order valence-corrected chi connectivity index (χ3v) is 8.50. The topological polar surface area (TPSA) is 93.7 Å². The number of carbonyl (C=O) groups excluding carboxylic acids is 1. The summed E-state index contributed by atoms with van der Waals surface area (Å²) in [4.78, 5) is 32.8. The normalized spacial score (nSPS) is 14.6. The second-order valence-corrected chi connectivity index (χ2v) is 11.9. The lowest BCUT2D eigenvalue weighted by Gasteiger charge is -2.26. The lowest BCUT2D eigenvalue weighted by atomic mass is 9.92. The van der Waals surface area contributed by atoms with Gasteiger partial charge in [0.2, 0.25) is 0 Å². The van der Waals surface area contributed by atoms with Crippen molar-refractivity contribution in [2.24, 2.45) is 4.99 Å². The number of aromatic nitrogens is 1. The average Bonchev–Trinajstić information content (AvgIpc) is 3.34. The van der Waals surface area contributed by atoms with Crippen LogP contribution in [0.15, 0.2) is 93.9 Å². The maximum Gasteiger partial charge on any atom is 0.338 e.